The molecule has 2 unspecified atom stereocenters. The van der Waals surface area contributed by atoms with Gasteiger partial charge in [-0.15, -0.1) is 0 Å². The molecular weight excluding hydrogens is 256 g/mol. The SMILES string of the molecule is CCCC(O)CNC(=O)NC1CCOC2(CCCC2)C1. The fraction of sp³-hybridized carbons (Fsp3) is 0.933. The van der Waals surface area contributed by atoms with E-state index in [0.29, 0.717) is 6.54 Å². The van der Waals surface area contributed by atoms with Crippen molar-refractivity contribution < 1.29 is 14.6 Å². The lowest BCUT2D eigenvalue weighted by Crippen LogP contribution is -2.50. The van der Waals surface area contributed by atoms with Crippen molar-refractivity contribution >= 4 is 6.03 Å². The normalized spacial score (nSPS) is 26.4. The van der Waals surface area contributed by atoms with E-state index < -0.39 is 6.10 Å². The number of carbonyl (C=O) groups excluding carboxylic acids is 1. The highest BCUT2D eigenvalue weighted by atomic mass is 16.5. The highest BCUT2D eigenvalue weighted by Crippen LogP contribution is 2.39. The minimum absolute atomic E-state index is 0.0257. The zero-order valence-corrected chi connectivity index (χ0v) is 12.5. The number of hydrogen-bond acceptors (Lipinski definition) is 3. The van der Waals surface area contributed by atoms with Gasteiger partial charge in [-0.25, -0.2) is 4.79 Å². The number of rotatable bonds is 5. The van der Waals surface area contributed by atoms with Crippen LogP contribution in [0.15, 0.2) is 0 Å². The van der Waals surface area contributed by atoms with Crippen LogP contribution in [0.1, 0.15) is 58.3 Å². The molecule has 1 saturated carbocycles. The molecule has 1 aliphatic carbocycles. The van der Waals surface area contributed by atoms with E-state index in [9.17, 15) is 9.90 Å². The van der Waals surface area contributed by atoms with E-state index in [4.69, 9.17) is 4.74 Å². The number of amides is 2. The first-order valence-corrected chi connectivity index (χ1v) is 8.00. The van der Waals surface area contributed by atoms with Gasteiger partial charge in [0.05, 0.1) is 11.7 Å². The zero-order chi connectivity index (χ0) is 14.4. The maximum absolute atomic E-state index is 11.8. The number of aliphatic hydroxyl groups excluding tert-OH is 1. The molecule has 3 N–H and O–H groups in total. The topological polar surface area (TPSA) is 70.6 Å². The standard InChI is InChI=1S/C15H28N2O3/c1-2-5-13(18)11-16-14(19)17-12-6-9-20-15(10-12)7-3-4-8-15/h12-13,18H,2-11H2,1H3,(H2,16,17,19). The van der Waals surface area contributed by atoms with Crippen LogP contribution >= 0.6 is 0 Å². The fourth-order valence-electron chi connectivity index (χ4n) is 3.40. The third kappa shape index (κ3) is 4.35. The lowest BCUT2D eigenvalue weighted by Gasteiger charge is -2.38. The summed E-state index contributed by atoms with van der Waals surface area (Å²) in [5.74, 6) is 0. The van der Waals surface area contributed by atoms with E-state index in [2.05, 4.69) is 10.6 Å². The van der Waals surface area contributed by atoms with Crippen molar-refractivity contribution in [3.63, 3.8) is 0 Å². The molecule has 2 amide bonds. The van der Waals surface area contributed by atoms with Crippen LogP contribution in [0.25, 0.3) is 0 Å². The molecule has 2 aliphatic rings. The predicted octanol–water partition coefficient (Wildman–Crippen LogP) is 1.94. The van der Waals surface area contributed by atoms with Gasteiger partial charge < -0.3 is 20.5 Å². The number of nitrogens with one attached hydrogen (secondary N) is 2. The summed E-state index contributed by atoms with van der Waals surface area (Å²) in [7, 11) is 0. The summed E-state index contributed by atoms with van der Waals surface area (Å²) < 4.78 is 5.96. The van der Waals surface area contributed by atoms with E-state index in [-0.39, 0.29) is 17.7 Å². The maximum Gasteiger partial charge on any atom is 0.315 e. The Labute approximate surface area is 121 Å². The summed E-state index contributed by atoms with van der Waals surface area (Å²) in [6, 6.07) is 0.0327. The van der Waals surface area contributed by atoms with Gasteiger partial charge in [0.15, 0.2) is 0 Å². The van der Waals surface area contributed by atoms with Crippen molar-refractivity contribution in [3.05, 3.63) is 0 Å². The van der Waals surface area contributed by atoms with Crippen molar-refractivity contribution in [2.45, 2.75) is 76.0 Å². The van der Waals surface area contributed by atoms with Crippen LogP contribution in [0.3, 0.4) is 0 Å². The van der Waals surface area contributed by atoms with Crippen molar-refractivity contribution in [3.8, 4) is 0 Å². The molecule has 0 aromatic carbocycles. The molecule has 5 nitrogen and oxygen atoms in total. The van der Waals surface area contributed by atoms with E-state index in [1.165, 1.54) is 12.8 Å². The second kappa shape index (κ2) is 7.27. The van der Waals surface area contributed by atoms with Crippen LogP contribution in [0.2, 0.25) is 0 Å². The Morgan fingerprint density at radius 1 is 1.45 bits per heavy atom. The highest BCUT2D eigenvalue weighted by Gasteiger charge is 2.40. The minimum atomic E-state index is -0.443. The number of aliphatic hydroxyl groups is 1. The first-order chi connectivity index (χ1) is 9.63. The quantitative estimate of drug-likeness (QED) is 0.722. The van der Waals surface area contributed by atoms with Crippen molar-refractivity contribution in [2.24, 2.45) is 0 Å². The molecule has 2 fully saturated rings. The van der Waals surface area contributed by atoms with Gasteiger partial charge in [0, 0.05) is 19.2 Å². The van der Waals surface area contributed by atoms with Crippen molar-refractivity contribution in [1.82, 2.24) is 10.6 Å². The van der Waals surface area contributed by atoms with Crippen LogP contribution < -0.4 is 10.6 Å². The second-order valence-electron chi connectivity index (χ2n) is 6.23. The molecule has 1 aliphatic heterocycles. The van der Waals surface area contributed by atoms with Crippen LogP contribution in [-0.2, 0) is 4.74 Å². The molecule has 0 radical (unpaired) electrons. The fourth-order valence-corrected chi connectivity index (χ4v) is 3.40. The molecular formula is C15H28N2O3. The zero-order valence-electron chi connectivity index (χ0n) is 12.5. The molecule has 0 aromatic rings. The third-order valence-corrected chi connectivity index (χ3v) is 4.46. The van der Waals surface area contributed by atoms with Crippen LogP contribution in [0.4, 0.5) is 4.79 Å². The summed E-state index contributed by atoms with van der Waals surface area (Å²) in [6.07, 6.45) is 7.74. The molecule has 0 aromatic heterocycles. The van der Waals surface area contributed by atoms with Gasteiger partial charge in [-0.05, 0) is 32.1 Å². The largest absolute Gasteiger partial charge is 0.391 e. The van der Waals surface area contributed by atoms with Gasteiger partial charge >= 0.3 is 6.03 Å². The number of ether oxygens (including phenoxy) is 1. The molecule has 20 heavy (non-hydrogen) atoms. The van der Waals surface area contributed by atoms with Gasteiger partial charge in [0.2, 0.25) is 0 Å². The second-order valence-corrected chi connectivity index (χ2v) is 6.23. The average molecular weight is 284 g/mol. The minimum Gasteiger partial charge on any atom is -0.391 e. The molecule has 2 atom stereocenters. The molecule has 1 heterocycles. The van der Waals surface area contributed by atoms with Gasteiger partial charge in [-0.3, -0.25) is 0 Å². The lowest BCUT2D eigenvalue weighted by molar-refractivity contribution is -0.0820. The number of urea groups is 1. The maximum atomic E-state index is 11.8. The molecule has 0 bridgehead atoms. The summed E-state index contributed by atoms with van der Waals surface area (Å²) in [4.78, 5) is 11.8. The number of carbonyl (C=O) groups is 1. The van der Waals surface area contributed by atoms with Crippen LogP contribution in [0, 0.1) is 0 Å². The van der Waals surface area contributed by atoms with E-state index in [0.717, 1.165) is 45.1 Å². The Morgan fingerprint density at radius 2 is 2.20 bits per heavy atom. The van der Waals surface area contributed by atoms with E-state index in [1.807, 2.05) is 6.92 Å². The molecule has 116 valence electrons. The first kappa shape index (κ1) is 15.6. The molecule has 5 heteroatoms. The van der Waals surface area contributed by atoms with Crippen LogP contribution in [-0.4, -0.2) is 42.0 Å². The average Bonchev–Trinajstić information content (AvgIpc) is 2.85. The van der Waals surface area contributed by atoms with E-state index in [1.54, 1.807) is 0 Å². The van der Waals surface area contributed by atoms with Gasteiger partial charge in [-0.2, -0.15) is 0 Å². The summed E-state index contributed by atoms with van der Waals surface area (Å²) in [5.41, 5.74) is 0.0257. The smallest absolute Gasteiger partial charge is 0.315 e. The Balaban J connectivity index is 1.71. The van der Waals surface area contributed by atoms with Gasteiger partial charge in [-0.1, -0.05) is 26.2 Å². The molecule has 1 saturated heterocycles. The Hall–Kier alpha value is -0.810. The number of hydrogen-bond donors (Lipinski definition) is 3. The Kier molecular flexibility index (Phi) is 5.66. The van der Waals surface area contributed by atoms with Gasteiger partial charge in [0.1, 0.15) is 0 Å². The van der Waals surface area contributed by atoms with E-state index >= 15 is 0 Å². The lowest BCUT2D eigenvalue weighted by atomic mass is 9.89. The third-order valence-electron chi connectivity index (χ3n) is 4.46. The van der Waals surface area contributed by atoms with Crippen LogP contribution in [0.5, 0.6) is 0 Å². The summed E-state index contributed by atoms with van der Waals surface area (Å²) in [6.45, 7) is 3.09. The summed E-state index contributed by atoms with van der Waals surface area (Å²) >= 11 is 0. The predicted molar refractivity (Wildman–Crippen MR) is 77.6 cm³/mol. The van der Waals surface area contributed by atoms with Crippen molar-refractivity contribution in [2.75, 3.05) is 13.2 Å². The van der Waals surface area contributed by atoms with Gasteiger partial charge in [0.25, 0.3) is 0 Å². The molecule has 1 spiro atoms. The monoisotopic (exact) mass is 284 g/mol. The van der Waals surface area contributed by atoms with Crippen molar-refractivity contribution in [1.29, 1.82) is 0 Å². The summed E-state index contributed by atoms with van der Waals surface area (Å²) in [5, 5.41) is 15.4. The Morgan fingerprint density at radius 3 is 2.90 bits per heavy atom. The first-order valence-electron chi connectivity index (χ1n) is 8.00. The Bertz CT molecular complexity index is 316. The highest BCUT2D eigenvalue weighted by molar-refractivity contribution is 5.74. The molecule has 2 rings (SSSR count).